The third-order valence-electron chi connectivity index (χ3n) is 5.61. The maximum Gasteiger partial charge on any atom is 0.308 e. The summed E-state index contributed by atoms with van der Waals surface area (Å²) in [6, 6.07) is 0. The maximum absolute atomic E-state index is 11.6. The molecule has 0 aliphatic heterocycles. The van der Waals surface area contributed by atoms with E-state index in [-0.39, 0.29) is 12.4 Å². The molecule has 0 unspecified atom stereocenters. The molecule has 0 rings (SSSR count). The van der Waals surface area contributed by atoms with E-state index in [9.17, 15) is 4.79 Å². The van der Waals surface area contributed by atoms with E-state index in [0.29, 0.717) is 126 Å². The van der Waals surface area contributed by atoms with Crippen LogP contribution in [0.5, 0.6) is 0 Å². The molecule has 12 heteroatoms. The standard InChI is InChI=1S/C32H64O12/c1-5-6-7-8-9-11-34-13-15-36-17-19-38-21-23-40-25-27-42-29-30-43-28-26-41-24-22-39-20-18-37-16-14-35-12-10-31(33)44-32(2,3)4/h5-30H2,1-4H3. The molecule has 0 heterocycles. The van der Waals surface area contributed by atoms with Crippen LogP contribution in [0, 0.1) is 0 Å². The molecule has 0 N–H and O–H groups in total. The zero-order valence-electron chi connectivity index (χ0n) is 28.3. The first-order valence-corrected chi connectivity index (χ1v) is 16.4. The zero-order chi connectivity index (χ0) is 32.2. The van der Waals surface area contributed by atoms with Crippen molar-refractivity contribution < 1.29 is 56.9 Å². The van der Waals surface area contributed by atoms with E-state index < -0.39 is 5.60 Å². The lowest BCUT2D eigenvalue weighted by Crippen LogP contribution is -2.24. The average molecular weight is 641 g/mol. The van der Waals surface area contributed by atoms with Gasteiger partial charge in [0.2, 0.25) is 0 Å². The number of carbonyl (C=O) groups is 1. The maximum atomic E-state index is 11.6. The van der Waals surface area contributed by atoms with Gasteiger partial charge in [0, 0.05) is 6.61 Å². The van der Waals surface area contributed by atoms with Gasteiger partial charge in [-0.2, -0.15) is 0 Å². The van der Waals surface area contributed by atoms with Crippen LogP contribution < -0.4 is 0 Å². The van der Waals surface area contributed by atoms with Gasteiger partial charge in [-0.15, -0.1) is 0 Å². The van der Waals surface area contributed by atoms with Gasteiger partial charge in [-0.25, -0.2) is 0 Å². The molecule has 0 saturated heterocycles. The lowest BCUT2D eigenvalue weighted by molar-refractivity contribution is -0.156. The molecule has 0 bridgehead atoms. The highest BCUT2D eigenvalue weighted by atomic mass is 16.6. The summed E-state index contributed by atoms with van der Waals surface area (Å²) >= 11 is 0. The van der Waals surface area contributed by atoms with Crippen molar-refractivity contribution >= 4 is 5.97 Å². The fraction of sp³-hybridized carbons (Fsp3) is 0.969. The normalized spacial score (nSPS) is 11.8. The molecule has 12 nitrogen and oxygen atoms in total. The highest BCUT2D eigenvalue weighted by Gasteiger charge is 2.15. The first kappa shape index (κ1) is 43.1. The second kappa shape index (κ2) is 34.9. The van der Waals surface area contributed by atoms with Crippen molar-refractivity contribution in [2.75, 3.05) is 132 Å². The molecule has 0 aliphatic rings. The number of esters is 1. The highest BCUT2D eigenvalue weighted by molar-refractivity contribution is 5.69. The Morgan fingerprint density at radius 3 is 0.955 bits per heavy atom. The van der Waals surface area contributed by atoms with Crippen molar-refractivity contribution in [1.82, 2.24) is 0 Å². The molecular formula is C32H64O12. The molecule has 0 spiro atoms. The van der Waals surface area contributed by atoms with Crippen LogP contribution in [0.15, 0.2) is 0 Å². The fourth-order valence-electron chi connectivity index (χ4n) is 3.44. The van der Waals surface area contributed by atoms with Gasteiger partial charge in [0.1, 0.15) is 5.60 Å². The van der Waals surface area contributed by atoms with Crippen LogP contribution in [-0.4, -0.2) is 144 Å². The average Bonchev–Trinajstić information content (AvgIpc) is 2.98. The van der Waals surface area contributed by atoms with Gasteiger partial charge in [0.15, 0.2) is 0 Å². The minimum Gasteiger partial charge on any atom is -0.460 e. The lowest BCUT2D eigenvalue weighted by atomic mass is 10.2. The zero-order valence-corrected chi connectivity index (χ0v) is 28.3. The lowest BCUT2D eigenvalue weighted by Gasteiger charge is -2.19. The van der Waals surface area contributed by atoms with Crippen LogP contribution in [0.2, 0.25) is 0 Å². The van der Waals surface area contributed by atoms with E-state index in [1.165, 1.54) is 25.7 Å². The van der Waals surface area contributed by atoms with Crippen LogP contribution in [0.3, 0.4) is 0 Å². The van der Waals surface area contributed by atoms with E-state index in [1.54, 1.807) is 0 Å². The summed E-state index contributed by atoms with van der Waals surface area (Å²) in [7, 11) is 0. The van der Waals surface area contributed by atoms with Gasteiger partial charge in [-0.05, 0) is 27.2 Å². The van der Waals surface area contributed by atoms with E-state index in [4.69, 9.17) is 52.1 Å². The monoisotopic (exact) mass is 640 g/mol. The molecule has 0 fully saturated rings. The Bertz CT molecular complexity index is 574. The molecule has 0 amide bonds. The Morgan fingerprint density at radius 1 is 0.386 bits per heavy atom. The number of unbranched alkanes of at least 4 members (excludes halogenated alkanes) is 4. The number of carbonyl (C=O) groups excluding carboxylic acids is 1. The third-order valence-corrected chi connectivity index (χ3v) is 5.61. The van der Waals surface area contributed by atoms with Crippen LogP contribution in [0.4, 0.5) is 0 Å². The largest absolute Gasteiger partial charge is 0.460 e. The summed E-state index contributed by atoms with van der Waals surface area (Å²) in [5, 5.41) is 0. The first-order chi connectivity index (χ1) is 21.5. The van der Waals surface area contributed by atoms with Gasteiger partial charge in [0.25, 0.3) is 0 Å². The molecule has 44 heavy (non-hydrogen) atoms. The molecule has 264 valence electrons. The highest BCUT2D eigenvalue weighted by Crippen LogP contribution is 2.08. The second-order valence-corrected chi connectivity index (χ2v) is 10.9. The van der Waals surface area contributed by atoms with Gasteiger partial charge in [-0.3, -0.25) is 4.79 Å². The Balaban J connectivity index is 3.09. The van der Waals surface area contributed by atoms with Gasteiger partial charge in [0.05, 0.1) is 132 Å². The molecule has 0 aromatic carbocycles. The molecule has 0 aromatic rings. The fourth-order valence-corrected chi connectivity index (χ4v) is 3.44. The van der Waals surface area contributed by atoms with E-state index in [1.807, 2.05) is 20.8 Å². The predicted molar refractivity (Wildman–Crippen MR) is 167 cm³/mol. The number of hydrogen-bond acceptors (Lipinski definition) is 12. The van der Waals surface area contributed by atoms with Crippen molar-refractivity contribution in [2.45, 2.75) is 71.8 Å². The molecular weight excluding hydrogens is 576 g/mol. The Kier molecular flexibility index (Phi) is 34.2. The summed E-state index contributed by atoms with van der Waals surface area (Å²) < 4.78 is 59.9. The quantitative estimate of drug-likeness (QED) is 0.0731. The Hall–Kier alpha value is -0.930. The van der Waals surface area contributed by atoms with E-state index in [0.717, 1.165) is 13.0 Å². The van der Waals surface area contributed by atoms with Crippen LogP contribution in [-0.2, 0) is 56.9 Å². The topological polar surface area (TPSA) is 119 Å². The molecule has 0 atom stereocenters. The number of ether oxygens (including phenoxy) is 11. The summed E-state index contributed by atoms with van der Waals surface area (Å²) in [5.41, 5.74) is -0.470. The summed E-state index contributed by atoms with van der Waals surface area (Å²) in [5.74, 6) is -0.261. The van der Waals surface area contributed by atoms with Crippen molar-refractivity contribution in [2.24, 2.45) is 0 Å². The first-order valence-electron chi connectivity index (χ1n) is 16.4. The predicted octanol–water partition coefficient (Wildman–Crippen LogP) is 3.85. The van der Waals surface area contributed by atoms with Crippen LogP contribution >= 0.6 is 0 Å². The van der Waals surface area contributed by atoms with Crippen molar-refractivity contribution in [3.63, 3.8) is 0 Å². The smallest absolute Gasteiger partial charge is 0.308 e. The SMILES string of the molecule is CCCCCCCOCCOCCOCCOCCOCCOCCOCCOCCOCCOCCC(=O)OC(C)(C)C. The molecule has 0 saturated carbocycles. The molecule has 0 radical (unpaired) electrons. The minimum absolute atomic E-state index is 0.236. The molecule has 0 aromatic heterocycles. The van der Waals surface area contributed by atoms with Crippen molar-refractivity contribution in [3.8, 4) is 0 Å². The Labute approximate surface area is 266 Å². The van der Waals surface area contributed by atoms with Gasteiger partial charge in [-0.1, -0.05) is 32.6 Å². The van der Waals surface area contributed by atoms with E-state index in [2.05, 4.69) is 6.92 Å². The summed E-state index contributed by atoms with van der Waals surface area (Å²) in [6.45, 7) is 18.2. The van der Waals surface area contributed by atoms with Gasteiger partial charge >= 0.3 is 5.97 Å². The minimum atomic E-state index is -0.470. The van der Waals surface area contributed by atoms with Crippen molar-refractivity contribution in [3.05, 3.63) is 0 Å². The van der Waals surface area contributed by atoms with Crippen LogP contribution in [0.25, 0.3) is 0 Å². The molecule has 0 aliphatic carbocycles. The second-order valence-electron chi connectivity index (χ2n) is 10.9. The van der Waals surface area contributed by atoms with E-state index >= 15 is 0 Å². The number of rotatable bonds is 36. The third kappa shape index (κ3) is 39.1. The Morgan fingerprint density at radius 2 is 0.659 bits per heavy atom. The van der Waals surface area contributed by atoms with Gasteiger partial charge < -0.3 is 52.1 Å². The van der Waals surface area contributed by atoms with Crippen molar-refractivity contribution in [1.29, 1.82) is 0 Å². The summed E-state index contributed by atoms with van der Waals surface area (Å²) in [6.07, 6.45) is 6.50. The summed E-state index contributed by atoms with van der Waals surface area (Å²) in [4.78, 5) is 11.6. The number of hydrogen-bond donors (Lipinski definition) is 0. The van der Waals surface area contributed by atoms with Crippen LogP contribution in [0.1, 0.15) is 66.2 Å².